The highest BCUT2D eigenvalue weighted by Crippen LogP contribution is 2.22. The zero-order chi connectivity index (χ0) is 13.9. The smallest absolute Gasteiger partial charge is 0.120 e. The number of H-pyrrole nitrogens is 1. The number of carbonyl (C=O) groups excluding carboxylic acids is 1. The van der Waals surface area contributed by atoms with E-state index in [1.165, 1.54) is 0 Å². The third-order valence-corrected chi connectivity index (χ3v) is 3.06. The number of aromatic nitrogens is 1. The molecular weight excluding hydrogens is 254 g/mol. The Morgan fingerprint density at radius 2 is 1.90 bits per heavy atom. The number of carboxylic acids is 1. The Morgan fingerprint density at radius 1 is 1.10 bits per heavy atom. The van der Waals surface area contributed by atoms with Crippen LogP contribution in [0.4, 0.5) is 0 Å². The van der Waals surface area contributed by atoms with E-state index < -0.39 is 5.97 Å². The van der Waals surface area contributed by atoms with Crippen molar-refractivity contribution in [3.05, 3.63) is 65.9 Å². The Kier molecular flexibility index (Phi) is 3.13. The minimum Gasteiger partial charge on any atom is -0.543 e. The van der Waals surface area contributed by atoms with Crippen LogP contribution in [0.1, 0.15) is 16.1 Å². The van der Waals surface area contributed by atoms with Gasteiger partial charge in [-0.25, -0.2) is 0 Å². The topological polar surface area (TPSA) is 65.2 Å². The number of hydrogen-bond acceptors (Lipinski definition) is 3. The summed E-state index contributed by atoms with van der Waals surface area (Å²) in [6.07, 6.45) is 0. The minimum absolute atomic E-state index is 0.0696. The van der Waals surface area contributed by atoms with Gasteiger partial charge in [0, 0.05) is 10.9 Å². The summed E-state index contributed by atoms with van der Waals surface area (Å²) in [4.78, 5) is 13.6. The van der Waals surface area contributed by atoms with Crippen molar-refractivity contribution < 1.29 is 14.6 Å². The van der Waals surface area contributed by atoms with Gasteiger partial charge in [-0.1, -0.05) is 30.3 Å². The summed E-state index contributed by atoms with van der Waals surface area (Å²) in [5, 5.41) is 11.6. The molecule has 0 bridgehead atoms. The Labute approximate surface area is 115 Å². The highest BCUT2D eigenvalue weighted by molar-refractivity contribution is 5.93. The van der Waals surface area contributed by atoms with Crippen molar-refractivity contribution >= 4 is 16.9 Å². The van der Waals surface area contributed by atoms with E-state index in [4.69, 9.17) is 4.74 Å². The molecule has 0 saturated carbocycles. The van der Waals surface area contributed by atoms with Gasteiger partial charge in [-0.2, -0.15) is 0 Å². The first kappa shape index (κ1) is 12.3. The Balaban J connectivity index is 1.80. The third kappa shape index (κ3) is 2.49. The lowest BCUT2D eigenvalue weighted by Gasteiger charge is -2.06. The van der Waals surface area contributed by atoms with E-state index in [2.05, 4.69) is 4.98 Å². The number of carbonyl (C=O) groups is 1. The van der Waals surface area contributed by atoms with E-state index in [1.807, 2.05) is 30.3 Å². The second-order valence-electron chi connectivity index (χ2n) is 4.49. The van der Waals surface area contributed by atoms with Crippen LogP contribution in [0.3, 0.4) is 0 Å². The van der Waals surface area contributed by atoms with Gasteiger partial charge in [0.15, 0.2) is 0 Å². The van der Waals surface area contributed by atoms with Crippen LogP contribution in [0.25, 0.3) is 10.9 Å². The van der Waals surface area contributed by atoms with Crippen LogP contribution >= 0.6 is 0 Å². The standard InChI is InChI=1S/C16H13NO3/c18-16(19)15-9-12-8-13(6-7-14(12)17-15)20-10-11-4-2-1-3-5-11/h1-9,17H,10H2,(H,18,19)/p-1. The van der Waals surface area contributed by atoms with Crippen LogP contribution < -0.4 is 9.84 Å². The second-order valence-corrected chi connectivity index (χ2v) is 4.49. The summed E-state index contributed by atoms with van der Waals surface area (Å²) in [5.41, 5.74) is 1.90. The first-order valence-corrected chi connectivity index (χ1v) is 6.23. The van der Waals surface area contributed by atoms with E-state index in [-0.39, 0.29) is 5.69 Å². The molecule has 0 aliphatic heterocycles. The molecule has 4 heteroatoms. The molecule has 3 aromatic rings. The molecule has 0 aliphatic rings. The van der Waals surface area contributed by atoms with Gasteiger partial charge in [-0.05, 0) is 29.8 Å². The van der Waals surface area contributed by atoms with Crippen LogP contribution in [-0.4, -0.2) is 11.0 Å². The van der Waals surface area contributed by atoms with Crippen molar-refractivity contribution in [1.29, 1.82) is 0 Å². The number of benzene rings is 2. The molecule has 1 N–H and O–H groups in total. The summed E-state index contributed by atoms with van der Waals surface area (Å²) in [7, 11) is 0. The lowest BCUT2D eigenvalue weighted by Crippen LogP contribution is -2.22. The van der Waals surface area contributed by atoms with Crippen molar-refractivity contribution in [3.63, 3.8) is 0 Å². The van der Waals surface area contributed by atoms with Crippen LogP contribution in [0.5, 0.6) is 5.75 Å². The maximum Gasteiger partial charge on any atom is 0.120 e. The number of ether oxygens (including phenoxy) is 1. The van der Waals surface area contributed by atoms with Gasteiger partial charge in [0.1, 0.15) is 12.4 Å². The van der Waals surface area contributed by atoms with Gasteiger partial charge in [0.2, 0.25) is 0 Å². The monoisotopic (exact) mass is 266 g/mol. The highest BCUT2D eigenvalue weighted by atomic mass is 16.5. The predicted molar refractivity (Wildman–Crippen MR) is 73.4 cm³/mol. The Hall–Kier alpha value is -2.75. The van der Waals surface area contributed by atoms with Gasteiger partial charge in [0.05, 0.1) is 11.7 Å². The molecule has 0 radical (unpaired) electrons. The van der Waals surface area contributed by atoms with Crippen molar-refractivity contribution in [2.45, 2.75) is 6.61 Å². The van der Waals surface area contributed by atoms with Crippen molar-refractivity contribution in [2.24, 2.45) is 0 Å². The molecule has 0 atom stereocenters. The summed E-state index contributed by atoms with van der Waals surface area (Å²) in [6, 6.07) is 16.8. The molecule has 3 rings (SSSR count). The van der Waals surface area contributed by atoms with Gasteiger partial charge >= 0.3 is 0 Å². The normalized spacial score (nSPS) is 10.6. The summed E-state index contributed by atoms with van der Waals surface area (Å²) < 4.78 is 5.69. The molecule has 4 nitrogen and oxygen atoms in total. The number of carboxylic acid groups (broad SMARTS) is 1. The fourth-order valence-electron chi connectivity index (χ4n) is 2.05. The molecule has 100 valence electrons. The molecule has 0 fully saturated rings. The molecule has 0 saturated heterocycles. The third-order valence-electron chi connectivity index (χ3n) is 3.06. The number of fused-ring (bicyclic) bond motifs is 1. The fraction of sp³-hybridized carbons (Fsp3) is 0.0625. The van der Waals surface area contributed by atoms with Gasteiger partial charge in [0.25, 0.3) is 0 Å². The van der Waals surface area contributed by atoms with Crippen molar-refractivity contribution in [2.75, 3.05) is 0 Å². The molecule has 1 aromatic heterocycles. The average molecular weight is 266 g/mol. The molecule has 0 aliphatic carbocycles. The first-order valence-electron chi connectivity index (χ1n) is 6.23. The summed E-state index contributed by atoms with van der Waals surface area (Å²) >= 11 is 0. The maximum atomic E-state index is 10.8. The maximum absolute atomic E-state index is 10.8. The fourth-order valence-corrected chi connectivity index (χ4v) is 2.05. The van der Waals surface area contributed by atoms with E-state index in [0.717, 1.165) is 16.5 Å². The number of nitrogens with one attached hydrogen (secondary N) is 1. The number of aromatic carboxylic acids is 1. The van der Waals surface area contributed by atoms with Crippen LogP contribution in [0.2, 0.25) is 0 Å². The molecule has 0 unspecified atom stereocenters. The average Bonchev–Trinajstić information content (AvgIpc) is 2.89. The van der Waals surface area contributed by atoms with E-state index in [1.54, 1.807) is 24.3 Å². The van der Waals surface area contributed by atoms with E-state index in [9.17, 15) is 9.90 Å². The van der Waals surface area contributed by atoms with Crippen LogP contribution in [-0.2, 0) is 6.61 Å². The second kappa shape index (κ2) is 5.09. The number of hydrogen-bond donors (Lipinski definition) is 1. The molecule has 20 heavy (non-hydrogen) atoms. The van der Waals surface area contributed by atoms with Crippen LogP contribution in [0.15, 0.2) is 54.6 Å². The largest absolute Gasteiger partial charge is 0.543 e. The number of aromatic amines is 1. The zero-order valence-electron chi connectivity index (χ0n) is 10.6. The summed E-state index contributed by atoms with van der Waals surface area (Å²) in [6.45, 7) is 0.476. The Bertz CT molecular complexity index is 747. The molecule has 2 aromatic carbocycles. The lowest BCUT2D eigenvalue weighted by atomic mass is 10.2. The van der Waals surface area contributed by atoms with Gasteiger partial charge < -0.3 is 19.6 Å². The van der Waals surface area contributed by atoms with E-state index >= 15 is 0 Å². The van der Waals surface area contributed by atoms with Gasteiger partial charge in [-0.15, -0.1) is 0 Å². The molecular formula is C16H12NO3-. The SMILES string of the molecule is O=C([O-])c1cc2cc(OCc3ccccc3)ccc2[nH]1. The van der Waals surface area contributed by atoms with Crippen LogP contribution in [0, 0.1) is 0 Å². The van der Waals surface area contributed by atoms with Crippen molar-refractivity contribution in [3.8, 4) is 5.75 Å². The lowest BCUT2D eigenvalue weighted by molar-refractivity contribution is -0.255. The summed E-state index contributed by atoms with van der Waals surface area (Å²) in [5.74, 6) is -0.516. The zero-order valence-corrected chi connectivity index (χ0v) is 10.6. The first-order chi connectivity index (χ1) is 9.72. The number of rotatable bonds is 4. The molecule has 0 spiro atoms. The highest BCUT2D eigenvalue weighted by Gasteiger charge is 2.03. The van der Waals surface area contributed by atoms with Crippen molar-refractivity contribution in [1.82, 2.24) is 4.98 Å². The minimum atomic E-state index is -1.21. The quantitative estimate of drug-likeness (QED) is 0.786. The molecule has 0 amide bonds. The predicted octanol–water partition coefficient (Wildman–Crippen LogP) is 2.11. The van der Waals surface area contributed by atoms with E-state index in [0.29, 0.717) is 12.4 Å². The Morgan fingerprint density at radius 3 is 2.65 bits per heavy atom. The van der Waals surface area contributed by atoms with Gasteiger partial charge in [-0.3, -0.25) is 0 Å². The molecule has 1 heterocycles.